The average molecular weight is 202 g/mol. The molecule has 2 aromatic heterocycles. The molecule has 0 aliphatic carbocycles. The Morgan fingerprint density at radius 2 is 1.13 bits per heavy atom. The van der Waals surface area contributed by atoms with Crippen LogP contribution in [0.2, 0.25) is 0 Å². The molecule has 15 heavy (non-hydrogen) atoms. The molecule has 0 radical (unpaired) electrons. The largest absolute Gasteiger partial charge is 0.262 e. The summed E-state index contributed by atoms with van der Waals surface area (Å²) in [6.07, 6.45) is 3.57. The fourth-order valence-electron chi connectivity index (χ4n) is 0.896. The monoisotopic (exact) mass is 202 g/mol. The van der Waals surface area contributed by atoms with Crippen LogP contribution in [-0.4, -0.2) is 9.97 Å². The highest BCUT2D eigenvalue weighted by Gasteiger charge is 1.74. The van der Waals surface area contributed by atoms with Gasteiger partial charge in [-0.3, -0.25) is 9.97 Å². The van der Waals surface area contributed by atoms with E-state index in [1.165, 1.54) is 0 Å². The van der Waals surface area contributed by atoms with E-state index in [0.717, 1.165) is 11.4 Å². The van der Waals surface area contributed by atoms with E-state index in [4.69, 9.17) is 0 Å². The number of hydrogen-bond acceptors (Lipinski definition) is 2. The van der Waals surface area contributed by atoms with E-state index >= 15 is 0 Å². The number of aromatic nitrogens is 2. The molecule has 0 N–H and O–H groups in total. The summed E-state index contributed by atoms with van der Waals surface area (Å²) in [6, 6.07) is 11.7. The Bertz CT molecular complexity index is 306. The van der Waals surface area contributed by atoms with Crippen molar-refractivity contribution in [2.45, 2.75) is 21.3 Å². The second-order valence-electron chi connectivity index (χ2n) is 2.94. The molecule has 80 valence electrons. The Kier molecular flexibility index (Phi) is 6.81. The predicted molar refractivity (Wildman–Crippen MR) is 64.7 cm³/mol. The maximum absolute atomic E-state index is 3.98. The Morgan fingerprint density at radius 1 is 0.733 bits per heavy atom. The SMILES string of the molecule is C.Cc1ccccn1.Cc1ccccn1. The van der Waals surface area contributed by atoms with Crippen molar-refractivity contribution in [1.29, 1.82) is 0 Å². The molecule has 2 heteroatoms. The Hall–Kier alpha value is -1.70. The van der Waals surface area contributed by atoms with Crippen molar-refractivity contribution in [1.82, 2.24) is 9.97 Å². The van der Waals surface area contributed by atoms with Crippen LogP contribution in [0.4, 0.5) is 0 Å². The van der Waals surface area contributed by atoms with Gasteiger partial charge in [-0.15, -0.1) is 0 Å². The summed E-state index contributed by atoms with van der Waals surface area (Å²) in [5, 5.41) is 0. The molecule has 2 nitrogen and oxygen atoms in total. The molecule has 2 rings (SSSR count). The Balaban J connectivity index is 0.000000245. The van der Waals surface area contributed by atoms with Gasteiger partial charge >= 0.3 is 0 Å². The number of hydrogen-bond donors (Lipinski definition) is 0. The topological polar surface area (TPSA) is 25.8 Å². The van der Waals surface area contributed by atoms with Crippen LogP contribution in [0.1, 0.15) is 18.8 Å². The molecular weight excluding hydrogens is 184 g/mol. The van der Waals surface area contributed by atoms with Crippen molar-refractivity contribution in [3.8, 4) is 0 Å². The van der Waals surface area contributed by atoms with Crippen molar-refractivity contribution in [3.05, 3.63) is 60.2 Å². The van der Waals surface area contributed by atoms with Gasteiger partial charge in [0.2, 0.25) is 0 Å². The molecule has 0 fully saturated rings. The molecular formula is C13H18N2. The van der Waals surface area contributed by atoms with Crippen LogP contribution in [0.15, 0.2) is 48.8 Å². The highest BCUT2D eigenvalue weighted by atomic mass is 14.6. The van der Waals surface area contributed by atoms with Crippen LogP contribution in [0.3, 0.4) is 0 Å². The summed E-state index contributed by atoms with van der Waals surface area (Å²) in [6.45, 7) is 3.94. The minimum absolute atomic E-state index is 0. The van der Waals surface area contributed by atoms with Crippen LogP contribution in [0.5, 0.6) is 0 Å². The van der Waals surface area contributed by atoms with Crippen molar-refractivity contribution < 1.29 is 0 Å². The molecule has 0 saturated carbocycles. The highest BCUT2D eigenvalue weighted by Crippen LogP contribution is 1.86. The highest BCUT2D eigenvalue weighted by molar-refractivity contribution is 5.00. The minimum atomic E-state index is 0. The molecule has 0 amide bonds. The van der Waals surface area contributed by atoms with Gasteiger partial charge in [0.1, 0.15) is 0 Å². The molecule has 0 unspecified atom stereocenters. The van der Waals surface area contributed by atoms with E-state index in [0.29, 0.717) is 0 Å². The standard InChI is InChI=1S/2C6H7N.CH4/c2*1-6-4-2-3-5-7-6;/h2*2-5H,1H3;1H4. The molecule has 0 aliphatic rings. The molecule has 2 heterocycles. The maximum atomic E-state index is 3.98. The third-order valence-electron chi connectivity index (χ3n) is 1.63. The lowest BCUT2D eigenvalue weighted by molar-refractivity contribution is 1.20. The molecule has 2 aromatic rings. The lowest BCUT2D eigenvalue weighted by Gasteiger charge is -1.82. The summed E-state index contributed by atoms with van der Waals surface area (Å²) in [4.78, 5) is 7.96. The third-order valence-corrected chi connectivity index (χ3v) is 1.63. The van der Waals surface area contributed by atoms with Gasteiger partial charge < -0.3 is 0 Å². The smallest absolute Gasteiger partial charge is 0.0372 e. The molecule has 0 bridgehead atoms. The van der Waals surface area contributed by atoms with Gasteiger partial charge in [-0.2, -0.15) is 0 Å². The minimum Gasteiger partial charge on any atom is -0.262 e. The average Bonchev–Trinajstić information content (AvgIpc) is 2.21. The molecule has 0 spiro atoms. The van der Waals surface area contributed by atoms with Crippen LogP contribution < -0.4 is 0 Å². The van der Waals surface area contributed by atoms with Crippen molar-refractivity contribution >= 4 is 0 Å². The summed E-state index contributed by atoms with van der Waals surface area (Å²) in [7, 11) is 0. The number of pyridine rings is 2. The zero-order valence-corrected chi connectivity index (χ0v) is 8.51. The first-order chi connectivity index (χ1) is 6.79. The first-order valence-corrected chi connectivity index (χ1v) is 4.54. The van der Waals surface area contributed by atoms with Crippen molar-refractivity contribution in [2.75, 3.05) is 0 Å². The number of nitrogens with zero attached hydrogens (tertiary/aromatic N) is 2. The van der Waals surface area contributed by atoms with Gasteiger partial charge in [0, 0.05) is 23.8 Å². The van der Waals surface area contributed by atoms with Crippen LogP contribution in [0, 0.1) is 13.8 Å². The first kappa shape index (κ1) is 13.3. The second-order valence-corrected chi connectivity index (χ2v) is 2.94. The summed E-state index contributed by atoms with van der Waals surface area (Å²) in [5.74, 6) is 0. The third kappa shape index (κ3) is 6.38. The quantitative estimate of drug-likeness (QED) is 0.654. The van der Waals surface area contributed by atoms with Gasteiger partial charge in [-0.1, -0.05) is 19.6 Å². The van der Waals surface area contributed by atoms with E-state index in [-0.39, 0.29) is 7.43 Å². The summed E-state index contributed by atoms with van der Waals surface area (Å²) < 4.78 is 0. The fraction of sp³-hybridized carbons (Fsp3) is 0.231. The molecule has 0 aliphatic heterocycles. The van der Waals surface area contributed by atoms with E-state index in [9.17, 15) is 0 Å². The first-order valence-electron chi connectivity index (χ1n) is 4.54. The summed E-state index contributed by atoms with van der Waals surface area (Å²) in [5.41, 5.74) is 2.14. The normalized spacial score (nSPS) is 8.13. The molecule has 0 saturated heterocycles. The van der Waals surface area contributed by atoms with Crippen molar-refractivity contribution in [2.24, 2.45) is 0 Å². The van der Waals surface area contributed by atoms with E-state index in [1.807, 2.05) is 50.2 Å². The molecule has 0 aromatic carbocycles. The number of aryl methyl sites for hydroxylation is 2. The van der Waals surface area contributed by atoms with Gasteiger partial charge in [0.05, 0.1) is 0 Å². The van der Waals surface area contributed by atoms with Gasteiger partial charge in [-0.25, -0.2) is 0 Å². The lowest BCUT2D eigenvalue weighted by Crippen LogP contribution is -1.72. The van der Waals surface area contributed by atoms with Crippen LogP contribution in [0.25, 0.3) is 0 Å². The van der Waals surface area contributed by atoms with Gasteiger partial charge in [-0.05, 0) is 38.1 Å². The van der Waals surface area contributed by atoms with Gasteiger partial charge in [0.25, 0.3) is 0 Å². The number of rotatable bonds is 0. The zero-order chi connectivity index (χ0) is 10.2. The van der Waals surface area contributed by atoms with E-state index in [1.54, 1.807) is 12.4 Å². The Labute approximate surface area is 92.0 Å². The van der Waals surface area contributed by atoms with Crippen LogP contribution in [-0.2, 0) is 0 Å². The van der Waals surface area contributed by atoms with E-state index < -0.39 is 0 Å². The van der Waals surface area contributed by atoms with E-state index in [2.05, 4.69) is 9.97 Å². The maximum Gasteiger partial charge on any atom is 0.0372 e. The van der Waals surface area contributed by atoms with Crippen LogP contribution >= 0.6 is 0 Å². The second kappa shape index (κ2) is 7.68. The molecule has 0 atom stereocenters. The summed E-state index contributed by atoms with van der Waals surface area (Å²) >= 11 is 0. The zero-order valence-electron chi connectivity index (χ0n) is 8.51. The predicted octanol–water partition coefficient (Wildman–Crippen LogP) is 3.42. The van der Waals surface area contributed by atoms with Gasteiger partial charge in [0.15, 0.2) is 0 Å². The fourth-order valence-corrected chi connectivity index (χ4v) is 0.896. The van der Waals surface area contributed by atoms with Crippen molar-refractivity contribution in [3.63, 3.8) is 0 Å². The lowest BCUT2D eigenvalue weighted by atomic mass is 10.4. The Morgan fingerprint density at radius 3 is 1.27 bits per heavy atom.